The predicted molar refractivity (Wildman–Crippen MR) is 84.9 cm³/mol. The van der Waals surface area contributed by atoms with Gasteiger partial charge in [0.05, 0.1) is 4.83 Å². The second-order valence-electron chi connectivity index (χ2n) is 5.68. The van der Waals surface area contributed by atoms with Crippen LogP contribution in [-0.2, 0) is 9.59 Å². The molecule has 0 saturated carbocycles. The average molecular weight is 341 g/mol. The minimum Gasteiger partial charge on any atom is -0.355 e. The van der Waals surface area contributed by atoms with Crippen LogP contribution in [0.1, 0.15) is 27.2 Å². The molecule has 1 atom stereocenters. The summed E-state index contributed by atoms with van der Waals surface area (Å²) in [5.74, 6) is -0.205. The van der Waals surface area contributed by atoms with Crippen LogP contribution in [0, 0.1) is 5.41 Å². The van der Waals surface area contributed by atoms with Crippen LogP contribution in [0.25, 0.3) is 0 Å². The van der Waals surface area contributed by atoms with E-state index in [2.05, 4.69) is 26.6 Å². The van der Waals surface area contributed by atoms with Crippen molar-refractivity contribution in [2.75, 3.05) is 11.9 Å². The molecule has 0 aliphatic rings. The van der Waals surface area contributed by atoms with Gasteiger partial charge in [0, 0.05) is 18.7 Å². The quantitative estimate of drug-likeness (QED) is 0.809. The third-order valence-corrected chi connectivity index (χ3v) is 4.49. The van der Waals surface area contributed by atoms with E-state index in [1.54, 1.807) is 0 Å². The Morgan fingerprint density at radius 1 is 1.20 bits per heavy atom. The zero-order valence-electron chi connectivity index (χ0n) is 12.1. The van der Waals surface area contributed by atoms with E-state index in [-0.39, 0.29) is 28.5 Å². The minimum absolute atomic E-state index is 0.0926. The zero-order valence-corrected chi connectivity index (χ0v) is 13.7. The van der Waals surface area contributed by atoms with Gasteiger partial charge in [0.2, 0.25) is 11.8 Å². The van der Waals surface area contributed by atoms with Crippen molar-refractivity contribution in [3.8, 4) is 0 Å². The molecule has 2 amide bonds. The second kappa shape index (κ2) is 7.43. The first kappa shape index (κ1) is 16.7. The number of hydrogen-bond donors (Lipinski definition) is 2. The molecule has 1 aromatic rings. The van der Waals surface area contributed by atoms with E-state index in [1.165, 1.54) is 0 Å². The van der Waals surface area contributed by atoms with Crippen LogP contribution >= 0.6 is 15.9 Å². The van der Waals surface area contributed by atoms with Crippen molar-refractivity contribution in [3.63, 3.8) is 0 Å². The van der Waals surface area contributed by atoms with Crippen molar-refractivity contribution in [2.45, 2.75) is 32.0 Å². The first-order chi connectivity index (χ1) is 9.30. The van der Waals surface area contributed by atoms with Gasteiger partial charge >= 0.3 is 0 Å². The van der Waals surface area contributed by atoms with Crippen molar-refractivity contribution >= 4 is 33.4 Å². The molecule has 20 heavy (non-hydrogen) atoms. The van der Waals surface area contributed by atoms with Crippen molar-refractivity contribution < 1.29 is 9.59 Å². The van der Waals surface area contributed by atoms with Crippen molar-refractivity contribution in [2.24, 2.45) is 5.41 Å². The monoisotopic (exact) mass is 340 g/mol. The van der Waals surface area contributed by atoms with Gasteiger partial charge in [-0.25, -0.2) is 0 Å². The van der Waals surface area contributed by atoms with Gasteiger partial charge in [0.25, 0.3) is 0 Å². The third-order valence-electron chi connectivity index (χ3n) is 2.70. The smallest absolute Gasteiger partial charge is 0.234 e. The summed E-state index contributed by atoms with van der Waals surface area (Å²) in [6, 6.07) is 9.25. The lowest BCUT2D eigenvalue weighted by Crippen LogP contribution is -2.39. The van der Waals surface area contributed by atoms with Gasteiger partial charge < -0.3 is 10.6 Å². The number of para-hydroxylation sites is 1. The summed E-state index contributed by atoms with van der Waals surface area (Å²) in [5, 5.41) is 5.53. The van der Waals surface area contributed by atoms with Crippen molar-refractivity contribution in [1.29, 1.82) is 0 Å². The van der Waals surface area contributed by atoms with Crippen LogP contribution in [0.15, 0.2) is 30.3 Å². The molecular weight excluding hydrogens is 320 g/mol. The lowest BCUT2D eigenvalue weighted by atomic mass is 9.92. The molecule has 0 unspecified atom stereocenters. The standard InChI is InChI=1S/C15H21BrN2O2/c1-15(2,3)13(16)14(20)17-10-9-12(19)18-11-7-5-4-6-8-11/h4-8,13H,9-10H2,1-3H3,(H,17,20)(H,18,19)/t13-/m1/s1. The van der Waals surface area contributed by atoms with Gasteiger partial charge in [-0.3, -0.25) is 9.59 Å². The number of hydrogen-bond acceptors (Lipinski definition) is 2. The Kier molecular flexibility index (Phi) is 6.20. The molecule has 0 aromatic heterocycles. The number of amides is 2. The Labute approximate surface area is 128 Å². The number of rotatable bonds is 5. The highest BCUT2D eigenvalue weighted by Crippen LogP contribution is 2.25. The van der Waals surface area contributed by atoms with Gasteiger partial charge in [-0.15, -0.1) is 0 Å². The summed E-state index contributed by atoms with van der Waals surface area (Å²) >= 11 is 3.37. The predicted octanol–water partition coefficient (Wildman–Crippen LogP) is 2.94. The summed E-state index contributed by atoms with van der Waals surface area (Å²) in [7, 11) is 0. The number of carbonyl (C=O) groups excluding carboxylic acids is 2. The average Bonchev–Trinajstić information content (AvgIpc) is 2.37. The molecule has 0 aliphatic heterocycles. The molecule has 0 aliphatic carbocycles. The molecule has 5 heteroatoms. The van der Waals surface area contributed by atoms with Gasteiger partial charge in [-0.2, -0.15) is 0 Å². The summed E-state index contributed by atoms with van der Waals surface area (Å²) in [4.78, 5) is 23.3. The van der Waals surface area contributed by atoms with E-state index < -0.39 is 0 Å². The fourth-order valence-corrected chi connectivity index (χ4v) is 1.69. The summed E-state index contributed by atoms with van der Waals surface area (Å²) < 4.78 is 0. The second-order valence-corrected chi connectivity index (χ2v) is 6.60. The lowest BCUT2D eigenvalue weighted by Gasteiger charge is -2.24. The molecule has 1 aromatic carbocycles. The number of benzene rings is 1. The SMILES string of the molecule is CC(C)(C)[C@H](Br)C(=O)NCCC(=O)Nc1ccccc1. The molecule has 2 N–H and O–H groups in total. The van der Waals surface area contributed by atoms with E-state index in [0.29, 0.717) is 6.54 Å². The van der Waals surface area contributed by atoms with E-state index in [4.69, 9.17) is 0 Å². The van der Waals surface area contributed by atoms with E-state index in [9.17, 15) is 9.59 Å². The first-order valence-corrected chi connectivity index (χ1v) is 7.49. The molecule has 0 bridgehead atoms. The number of halogens is 1. The van der Waals surface area contributed by atoms with E-state index in [1.807, 2.05) is 51.1 Å². The topological polar surface area (TPSA) is 58.2 Å². The van der Waals surface area contributed by atoms with Crippen LogP contribution in [-0.4, -0.2) is 23.2 Å². The molecule has 4 nitrogen and oxygen atoms in total. The molecule has 0 radical (unpaired) electrons. The molecule has 110 valence electrons. The van der Waals surface area contributed by atoms with Gasteiger partial charge in [-0.1, -0.05) is 54.9 Å². The van der Waals surface area contributed by atoms with Crippen LogP contribution in [0.2, 0.25) is 0 Å². The summed E-state index contributed by atoms with van der Waals surface area (Å²) in [6.07, 6.45) is 0.254. The highest BCUT2D eigenvalue weighted by atomic mass is 79.9. The third kappa shape index (κ3) is 5.74. The first-order valence-electron chi connectivity index (χ1n) is 6.57. The summed E-state index contributed by atoms with van der Waals surface area (Å²) in [5.41, 5.74) is 0.605. The van der Waals surface area contributed by atoms with Crippen molar-refractivity contribution in [3.05, 3.63) is 30.3 Å². The fourth-order valence-electron chi connectivity index (χ4n) is 1.53. The van der Waals surface area contributed by atoms with Crippen LogP contribution in [0.5, 0.6) is 0 Å². The normalized spacial score (nSPS) is 12.6. The van der Waals surface area contributed by atoms with Crippen LogP contribution in [0.4, 0.5) is 5.69 Å². The Morgan fingerprint density at radius 2 is 1.80 bits per heavy atom. The number of alkyl halides is 1. The molecule has 0 saturated heterocycles. The van der Waals surface area contributed by atoms with E-state index >= 15 is 0 Å². The minimum atomic E-state index is -0.271. The number of carbonyl (C=O) groups is 2. The number of nitrogens with one attached hydrogen (secondary N) is 2. The Morgan fingerprint density at radius 3 is 2.35 bits per heavy atom. The molecule has 1 rings (SSSR count). The molecular formula is C15H21BrN2O2. The maximum absolute atomic E-state index is 11.8. The molecule has 0 heterocycles. The molecule has 0 fully saturated rings. The molecule has 0 spiro atoms. The lowest BCUT2D eigenvalue weighted by molar-refractivity contribution is -0.122. The fraction of sp³-hybridized carbons (Fsp3) is 0.467. The van der Waals surface area contributed by atoms with Crippen molar-refractivity contribution in [1.82, 2.24) is 5.32 Å². The van der Waals surface area contributed by atoms with Crippen LogP contribution in [0.3, 0.4) is 0 Å². The maximum atomic E-state index is 11.8. The Balaban J connectivity index is 2.31. The van der Waals surface area contributed by atoms with Gasteiger partial charge in [0.1, 0.15) is 0 Å². The maximum Gasteiger partial charge on any atom is 0.234 e. The largest absolute Gasteiger partial charge is 0.355 e. The highest BCUT2D eigenvalue weighted by molar-refractivity contribution is 9.10. The Hall–Kier alpha value is -1.36. The zero-order chi connectivity index (χ0) is 15.2. The number of anilines is 1. The van der Waals surface area contributed by atoms with Crippen LogP contribution < -0.4 is 10.6 Å². The Bertz CT molecular complexity index is 455. The van der Waals surface area contributed by atoms with Gasteiger partial charge in [-0.05, 0) is 17.5 Å². The van der Waals surface area contributed by atoms with Gasteiger partial charge in [0.15, 0.2) is 0 Å². The summed E-state index contributed by atoms with van der Waals surface area (Å²) in [6.45, 7) is 6.27. The van der Waals surface area contributed by atoms with E-state index in [0.717, 1.165) is 5.69 Å². The highest BCUT2D eigenvalue weighted by Gasteiger charge is 2.28.